The van der Waals surface area contributed by atoms with Crippen LogP contribution in [-0.2, 0) is 9.53 Å². The van der Waals surface area contributed by atoms with Gasteiger partial charge >= 0.3 is 5.97 Å². The van der Waals surface area contributed by atoms with Crippen molar-refractivity contribution >= 4 is 40.6 Å². The summed E-state index contributed by atoms with van der Waals surface area (Å²) in [5.74, 6) is -0.572. The van der Waals surface area contributed by atoms with Gasteiger partial charge in [0.05, 0.1) is 16.5 Å². The van der Waals surface area contributed by atoms with E-state index in [9.17, 15) is 14.9 Å². The number of carbonyl (C=O) groups is 1. The number of rotatable bonds is 5. The van der Waals surface area contributed by atoms with Gasteiger partial charge in [-0.15, -0.1) is 0 Å². The molecular formula is C15H14ClN3O4S. The topological polar surface area (TPSA) is 93.5 Å². The van der Waals surface area contributed by atoms with Crippen LogP contribution >= 0.6 is 23.8 Å². The SMILES string of the molecule is C=CCOC(=O)C1=C(C)NC(=S)N[C@@H]1c1ccc(Cl)c([N+](=O)[O-])c1. The van der Waals surface area contributed by atoms with Crippen LogP contribution in [0.25, 0.3) is 0 Å². The molecule has 1 aliphatic rings. The van der Waals surface area contributed by atoms with E-state index >= 15 is 0 Å². The average molecular weight is 368 g/mol. The number of halogens is 1. The number of ether oxygens (including phenoxy) is 1. The van der Waals surface area contributed by atoms with Crippen LogP contribution in [0.2, 0.25) is 5.02 Å². The zero-order chi connectivity index (χ0) is 17.9. The summed E-state index contributed by atoms with van der Waals surface area (Å²) < 4.78 is 5.09. The standard InChI is InChI=1S/C15H14ClN3O4S/c1-3-6-23-14(20)12-8(2)17-15(24)18-13(12)9-4-5-10(16)11(7-9)19(21)22/h3-5,7,13H,1,6H2,2H3,(H2,17,18,24)/t13-/m1/s1. The lowest BCUT2D eigenvalue weighted by Gasteiger charge is -2.29. The van der Waals surface area contributed by atoms with Gasteiger partial charge in [0.1, 0.15) is 11.6 Å². The largest absolute Gasteiger partial charge is 0.458 e. The van der Waals surface area contributed by atoms with Crippen LogP contribution in [0, 0.1) is 10.1 Å². The number of thiocarbonyl (C=S) groups is 1. The molecule has 0 radical (unpaired) electrons. The van der Waals surface area contributed by atoms with Crippen molar-refractivity contribution in [3.8, 4) is 0 Å². The van der Waals surface area contributed by atoms with Gasteiger partial charge in [-0.25, -0.2) is 4.79 Å². The van der Waals surface area contributed by atoms with Crippen molar-refractivity contribution in [2.45, 2.75) is 13.0 Å². The molecule has 0 saturated carbocycles. The van der Waals surface area contributed by atoms with Gasteiger partial charge in [-0.2, -0.15) is 0 Å². The minimum atomic E-state index is -0.688. The first kappa shape index (κ1) is 17.9. The number of esters is 1. The van der Waals surface area contributed by atoms with Gasteiger partial charge in [-0.1, -0.05) is 30.3 Å². The van der Waals surface area contributed by atoms with Crippen molar-refractivity contribution < 1.29 is 14.5 Å². The highest BCUT2D eigenvalue weighted by Crippen LogP contribution is 2.33. The number of allylic oxidation sites excluding steroid dienone is 1. The molecule has 0 aliphatic carbocycles. The number of carbonyl (C=O) groups excluding carboxylic acids is 1. The molecule has 0 saturated heterocycles. The summed E-state index contributed by atoms with van der Waals surface area (Å²) in [5.41, 5.74) is 1.01. The predicted molar refractivity (Wildman–Crippen MR) is 93.6 cm³/mol. The van der Waals surface area contributed by atoms with E-state index in [1.54, 1.807) is 13.0 Å². The summed E-state index contributed by atoms with van der Waals surface area (Å²) in [4.78, 5) is 22.8. The number of nitro benzene ring substituents is 1. The Balaban J connectivity index is 2.49. The van der Waals surface area contributed by atoms with Crippen molar-refractivity contribution in [2.24, 2.45) is 0 Å². The van der Waals surface area contributed by atoms with Crippen molar-refractivity contribution in [3.63, 3.8) is 0 Å². The zero-order valence-corrected chi connectivity index (χ0v) is 14.2. The maximum absolute atomic E-state index is 12.3. The molecule has 0 amide bonds. The molecule has 2 N–H and O–H groups in total. The molecule has 126 valence electrons. The fourth-order valence-electron chi connectivity index (χ4n) is 2.28. The highest BCUT2D eigenvalue weighted by molar-refractivity contribution is 7.80. The molecule has 1 aromatic rings. The second-order valence-corrected chi connectivity index (χ2v) is 5.74. The van der Waals surface area contributed by atoms with Crippen molar-refractivity contribution in [1.29, 1.82) is 0 Å². The summed E-state index contributed by atoms with van der Waals surface area (Å²) in [5, 5.41) is 17.2. The number of hydrogen-bond acceptors (Lipinski definition) is 5. The van der Waals surface area contributed by atoms with Gasteiger partial charge in [0, 0.05) is 11.8 Å². The second-order valence-electron chi connectivity index (χ2n) is 4.93. The van der Waals surface area contributed by atoms with E-state index in [1.165, 1.54) is 18.2 Å². The van der Waals surface area contributed by atoms with Crippen LogP contribution < -0.4 is 10.6 Å². The lowest BCUT2D eigenvalue weighted by atomic mass is 9.95. The Labute approximate surface area is 148 Å². The first-order valence-corrected chi connectivity index (χ1v) is 7.64. The van der Waals surface area contributed by atoms with Gasteiger partial charge in [0.2, 0.25) is 0 Å². The fourth-order valence-corrected chi connectivity index (χ4v) is 2.73. The summed E-state index contributed by atoms with van der Waals surface area (Å²) in [7, 11) is 0. The van der Waals surface area contributed by atoms with Crippen molar-refractivity contribution in [3.05, 3.63) is 62.8 Å². The summed E-state index contributed by atoms with van der Waals surface area (Å²) in [6.07, 6.45) is 1.45. The highest BCUT2D eigenvalue weighted by atomic mass is 35.5. The Morgan fingerprint density at radius 2 is 2.29 bits per heavy atom. The third-order valence-corrected chi connectivity index (χ3v) is 3.86. The van der Waals surface area contributed by atoms with Crippen LogP contribution in [0.15, 0.2) is 42.1 Å². The minimum Gasteiger partial charge on any atom is -0.458 e. The molecule has 1 aromatic carbocycles. The number of benzene rings is 1. The number of nitrogens with zero attached hydrogens (tertiary/aromatic N) is 1. The maximum Gasteiger partial charge on any atom is 0.338 e. The summed E-state index contributed by atoms with van der Waals surface area (Å²) in [6, 6.07) is 3.62. The third-order valence-electron chi connectivity index (χ3n) is 3.32. The number of nitrogens with one attached hydrogen (secondary N) is 2. The molecule has 2 rings (SSSR count). The van der Waals surface area contributed by atoms with E-state index in [0.717, 1.165) is 0 Å². The van der Waals surface area contributed by atoms with E-state index in [4.69, 9.17) is 28.6 Å². The maximum atomic E-state index is 12.3. The third kappa shape index (κ3) is 3.72. The summed E-state index contributed by atoms with van der Waals surface area (Å²) in [6.45, 7) is 5.22. The fraction of sp³-hybridized carbons (Fsp3) is 0.200. The molecule has 24 heavy (non-hydrogen) atoms. The molecule has 0 fully saturated rings. The molecule has 7 nitrogen and oxygen atoms in total. The molecule has 1 heterocycles. The highest BCUT2D eigenvalue weighted by Gasteiger charge is 2.32. The van der Waals surface area contributed by atoms with Crippen molar-refractivity contribution in [2.75, 3.05) is 6.61 Å². The normalized spacial score (nSPS) is 16.9. The van der Waals surface area contributed by atoms with E-state index in [-0.39, 0.29) is 22.9 Å². The lowest BCUT2D eigenvalue weighted by molar-refractivity contribution is -0.384. The smallest absolute Gasteiger partial charge is 0.338 e. The van der Waals surface area contributed by atoms with E-state index < -0.39 is 16.9 Å². The lowest BCUT2D eigenvalue weighted by Crippen LogP contribution is -2.45. The quantitative estimate of drug-likeness (QED) is 0.272. The Morgan fingerprint density at radius 1 is 1.58 bits per heavy atom. The molecule has 0 aromatic heterocycles. The molecule has 0 bridgehead atoms. The Hall–Kier alpha value is -2.45. The van der Waals surface area contributed by atoms with Gasteiger partial charge in [0.25, 0.3) is 5.69 Å². The summed E-state index contributed by atoms with van der Waals surface area (Å²) >= 11 is 11.0. The molecule has 9 heteroatoms. The van der Waals surface area contributed by atoms with Crippen LogP contribution in [0.5, 0.6) is 0 Å². The van der Waals surface area contributed by atoms with Gasteiger partial charge in [-0.3, -0.25) is 10.1 Å². The van der Waals surface area contributed by atoms with E-state index in [0.29, 0.717) is 16.4 Å². The van der Waals surface area contributed by atoms with Gasteiger partial charge in [0.15, 0.2) is 5.11 Å². The molecule has 0 spiro atoms. The van der Waals surface area contributed by atoms with Gasteiger partial charge < -0.3 is 15.4 Å². The van der Waals surface area contributed by atoms with Crippen LogP contribution in [0.1, 0.15) is 18.5 Å². The Morgan fingerprint density at radius 3 is 2.92 bits per heavy atom. The number of nitro groups is 1. The zero-order valence-electron chi connectivity index (χ0n) is 12.7. The average Bonchev–Trinajstić information content (AvgIpc) is 2.52. The predicted octanol–water partition coefficient (Wildman–Crippen LogP) is 2.77. The van der Waals surface area contributed by atoms with Crippen LogP contribution in [0.4, 0.5) is 5.69 Å². The Bertz CT molecular complexity index is 763. The molecular weight excluding hydrogens is 354 g/mol. The molecule has 1 atom stereocenters. The van der Waals surface area contributed by atoms with Crippen LogP contribution in [-0.4, -0.2) is 22.6 Å². The first-order valence-electron chi connectivity index (χ1n) is 6.85. The van der Waals surface area contributed by atoms with E-state index in [2.05, 4.69) is 17.2 Å². The first-order chi connectivity index (χ1) is 11.3. The van der Waals surface area contributed by atoms with Crippen LogP contribution in [0.3, 0.4) is 0 Å². The van der Waals surface area contributed by atoms with Gasteiger partial charge in [-0.05, 0) is 30.8 Å². The monoisotopic (exact) mass is 367 g/mol. The minimum absolute atomic E-state index is 0.0109. The number of hydrogen-bond donors (Lipinski definition) is 2. The Kier molecular flexibility index (Phi) is 5.53. The second kappa shape index (κ2) is 7.41. The van der Waals surface area contributed by atoms with E-state index in [1.807, 2.05) is 0 Å². The molecule has 1 aliphatic heterocycles. The van der Waals surface area contributed by atoms with Crippen molar-refractivity contribution in [1.82, 2.24) is 10.6 Å². The molecule has 0 unspecified atom stereocenters.